The molecule has 0 aliphatic heterocycles. The van der Waals surface area contributed by atoms with Crippen molar-refractivity contribution in [2.24, 2.45) is 5.34 Å². The predicted octanol–water partition coefficient (Wildman–Crippen LogP) is 2.21. The van der Waals surface area contributed by atoms with Crippen LogP contribution in [0.2, 0.25) is 10.0 Å². The molecule has 0 bridgehead atoms. The number of alkyl halides is 3. The number of ether oxygens (including phenoxy) is 2. The number of halogens is 5. The Kier molecular flexibility index (Phi) is 19.7. The second-order valence-electron chi connectivity index (χ2n) is 8.78. The molecule has 18 heteroatoms. The number of Topliss-reactive ketones (excluding diaryl/α,β-unsaturated/α-hetero) is 2. The first-order valence-corrected chi connectivity index (χ1v) is 13.0. The van der Waals surface area contributed by atoms with Crippen molar-refractivity contribution >= 4 is 46.7 Å². The first-order chi connectivity index (χ1) is 20.2. The van der Waals surface area contributed by atoms with Gasteiger partial charge in [0.15, 0.2) is 5.75 Å². The van der Waals surface area contributed by atoms with E-state index >= 15 is 0 Å². The van der Waals surface area contributed by atoms with Gasteiger partial charge in [0.1, 0.15) is 22.7 Å². The van der Waals surface area contributed by atoms with E-state index in [0.29, 0.717) is 48.3 Å². The van der Waals surface area contributed by atoms with Crippen molar-refractivity contribution in [3.8, 4) is 11.5 Å². The van der Waals surface area contributed by atoms with E-state index in [-0.39, 0.29) is 85.8 Å². The number of nitro groups is 1. The van der Waals surface area contributed by atoms with Crippen LogP contribution in [-0.4, -0.2) is 43.2 Å². The molecule has 0 N–H and O–H groups in total. The molecule has 0 atom stereocenters. The summed E-state index contributed by atoms with van der Waals surface area (Å²) in [6.45, 7) is 0. The summed E-state index contributed by atoms with van der Waals surface area (Å²) in [5.74, 6) is 1.45. The fourth-order valence-corrected chi connectivity index (χ4v) is 4.85. The van der Waals surface area contributed by atoms with Gasteiger partial charge in [-0.05, 0) is 54.5 Å². The van der Waals surface area contributed by atoms with Gasteiger partial charge < -0.3 is 19.7 Å². The van der Waals surface area contributed by atoms with Gasteiger partial charge in [-0.3, -0.25) is 24.5 Å². The number of rotatable bonds is 4. The van der Waals surface area contributed by atoms with Crippen molar-refractivity contribution in [1.29, 1.82) is 0 Å². The standard InChI is InChI=1S/C12H12ClNO4.C12H13ClO2.C2HF3O.K.HNO3/c1-18-12-8-4-2-3-7(15)5-9(8)10(13)6-11(12)14(16)17;1-15-12-6-5-11(13)10-7-8(14)3-2-4-9(10)12;3-2(4,5)1-6;;2-1-4-3/h6H,2-5H2,1H3;5-6H,2-4,7H2,1H3;1H;;3H/q;;;+1;/p-1. The number of benzene rings is 2. The minimum atomic E-state index is -4.64. The molecule has 2 aromatic rings. The minimum Gasteiger partial charge on any atom is -0.635 e. The predicted molar refractivity (Wildman–Crippen MR) is 145 cm³/mol. The number of fused-ring (bicyclic) bond motifs is 2. The summed E-state index contributed by atoms with van der Waals surface area (Å²) in [4.78, 5) is 53.0. The van der Waals surface area contributed by atoms with Crippen molar-refractivity contribution in [2.45, 2.75) is 57.5 Å². The van der Waals surface area contributed by atoms with E-state index in [9.17, 15) is 32.9 Å². The Morgan fingerprint density at radius 2 is 1.39 bits per heavy atom. The number of aldehydes is 1. The van der Waals surface area contributed by atoms with Crippen molar-refractivity contribution in [3.63, 3.8) is 0 Å². The molecule has 2 aromatic carbocycles. The topological polar surface area (TPSA) is 175 Å². The SMILES string of the molecule is COc1c([N+](=O)[O-])cc(Cl)c2c1CCCC(=O)C2.COc1ccc(Cl)c2c1CCCC(=O)C2.O=CC(F)(F)F.O=NO[O-].[K+]. The zero-order valence-corrected chi connectivity index (χ0v) is 28.5. The van der Waals surface area contributed by atoms with E-state index in [1.165, 1.54) is 18.5 Å². The summed E-state index contributed by atoms with van der Waals surface area (Å²) < 4.78 is 41.7. The molecule has 0 aromatic heterocycles. The van der Waals surface area contributed by atoms with Crippen LogP contribution in [0.1, 0.15) is 47.9 Å². The number of nitro benzene ring substituents is 1. The van der Waals surface area contributed by atoms with Gasteiger partial charge in [0.2, 0.25) is 6.29 Å². The van der Waals surface area contributed by atoms with Gasteiger partial charge in [-0.15, -0.1) is 4.91 Å². The maximum atomic E-state index is 11.6. The minimum absolute atomic E-state index is 0. The van der Waals surface area contributed by atoms with Crippen LogP contribution in [0.5, 0.6) is 11.5 Å². The van der Waals surface area contributed by atoms with E-state index in [2.05, 4.69) is 4.99 Å². The van der Waals surface area contributed by atoms with Crippen molar-refractivity contribution in [2.75, 3.05) is 14.2 Å². The van der Waals surface area contributed by atoms with Crippen LogP contribution >= 0.6 is 23.2 Å². The third-order valence-corrected chi connectivity index (χ3v) is 6.74. The molecule has 0 heterocycles. The summed E-state index contributed by atoms with van der Waals surface area (Å²) in [5.41, 5.74) is 3.29. The number of nitrogens with zero attached hydrogens (tertiary/aromatic N) is 2. The number of carbonyl (C=O) groups excluding carboxylic acids is 3. The van der Waals surface area contributed by atoms with Crippen LogP contribution in [0, 0.1) is 15.0 Å². The molecular formula is C26H26Cl2F3KN2O10. The van der Waals surface area contributed by atoms with Gasteiger partial charge in [0, 0.05) is 42.3 Å². The Hall–Kier alpha value is -2.18. The summed E-state index contributed by atoms with van der Waals surface area (Å²) in [6.07, 6.45) is -0.893. The van der Waals surface area contributed by atoms with Crippen molar-refractivity contribution in [1.82, 2.24) is 0 Å². The maximum Gasteiger partial charge on any atom is 1.00 e. The van der Waals surface area contributed by atoms with Gasteiger partial charge >= 0.3 is 63.2 Å². The maximum absolute atomic E-state index is 11.6. The Balaban J connectivity index is 0.000000640. The van der Waals surface area contributed by atoms with E-state index in [1.54, 1.807) is 13.2 Å². The molecular weight excluding hydrogens is 667 g/mol. The van der Waals surface area contributed by atoms with E-state index in [1.807, 2.05) is 6.07 Å². The second kappa shape index (κ2) is 20.8. The average Bonchev–Trinajstić information content (AvgIpc) is 3.29. The van der Waals surface area contributed by atoms with E-state index in [0.717, 1.165) is 29.7 Å². The Bertz CT molecular complexity index is 1330. The smallest absolute Gasteiger partial charge is 0.635 e. The number of ketones is 2. The summed E-state index contributed by atoms with van der Waals surface area (Å²) >= 11 is 12.1. The number of carbonyl (C=O) groups is 3. The molecule has 0 radical (unpaired) electrons. The molecule has 0 saturated carbocycles. The van der Waals surface area contributed by atoms with Gasteiger partial charge in [-0.25, -0.2) is 0 Å². The fourth-order valence-electron chi connectivity index (χ4n) is 4.32. The monoisotopic (exact) mass is 692 g/mol. The second-order valence-corrected chi connectivity index (χ2v) is 9.59. The number of hydrogen-bond acceptors (Lipinski definition) is 11. The van der Waals surface area contributed by atoms with Crippen LogP contribution in [0.4, 0.5) is 18.9 Å². The van der Waals surface area contributed by atoms with Crippen LogP contribution in [0.25, 0.3) is 0 Å². The quantitative estimate of drug-likeness (QED) is 0.0879. The van der Waals surface area contributed by atoms with Gasteiger partial charge in [0.05, 0.1) is 24.2 Å². The molecule has 12 nitrogen and oxygen atoms in total. The van der Waals surface area contributed by atoms with E-state index in [4.69, 9.17) is 47.6 Å². The van der Waals surface area contributed by atoms with Gasteiger partial charge in [-0.2, -0.15) is 13.2 Å². The molecule has 2 aliphatic carbocycles. The van der Waals surface area contributed by atoms with E-state index < -0.39 is 17.4 Å². The molecule has 0 unspecified atom stereocenters. The molecule has 44 heavy (non-hydrogen) atoms. The molecule has 0 saturated heterocycles. The molecule has 4 rings (SSSR count). The average molecular weight is 693 g/mol. The zero-order valence-electron chi connectivity index (χ0n) is 23.8. The number of methoxy groups -OCH3 is 2. The zero-order chi connectivity index (χ0) is 32.7. The first-order valence-electron chi connectivity index (χ1n) is 12.3. The summed E-state index contributed by atoms with van der Waals surface area (Å²) in [7, 11) is 3.04. The fraction of sp³-hybridized carbons (Fsp3) is 0.423. The molecule has 0 spiro atoms. The molecule has 2 aliphatic rings. The Labute approximate surface area is 301 Å². The van der Waals surface area contributed by atoms with Crippen LogP contribution in [0.3, 0.4) is 0 Å². The van der Waals surface area contributed by atoms with Crippen LogP contribution in [-0.2, 0) is 45.1 Å². The van der Waals surface area contributed by atoms with Gasteiger partial charge in [0.25, 0.3) is 0 Å². The molecule has 0 fully saturated rings. The largest absolute Gasteiger partial charge is 1.00 e. The summed E-state index contributed by atoms with van der Waals surface area (Å²) in [5, 5.41) is 21.7. The van der Waals surface area contributed by atoms with Crippen molar-refractivity contribution in [3.05, 3.63) is 65.5 Å². The Morgan fingerprint density at radius 1 is 0.909 bits per heavy atom. The number of hydrogen-bond donors (Lipinski definition) is 0. The normalized spacial score (nSPS) is 13.5. The first kappa shape index (κ1) is 41.8. The van der Waals surface area contributed by atoms with Crippen LogP contribution in [0.15, 0.2) is 23.5 Å². The third-order valence-electron chi connectivity index (χ3n) is 6.05. The summed E-state index contributed by atoms with van der Waals surface area (Å²) in [6, 6.07) is 4.94. The third kappa shape index (κ3) is 13.4. The van der Waals surface area contributed by atoms with Crippen molar-refractivity contribution < 1.29 is 104 Å². The molecule has 236 valence electrons. The van der Waals surface area contributed by atoms with Gasteiger partial charge in [-0.1, -0.05) is 23.2 Å². The van der Waals surface area contributed by atoms with Crippen LogP contribution < -0.4 is 66.1 Å². The molecule has 0 amide bonds. The Morgan fingerprint density at radius 3 is 1.80 bits per heavy atom.